The molecule has 1 amide bonds. The number of anilines is 1. The van der Waals surface area contributed by atoms with Crippen molar-refractivity contribution in [1.82, 2.24) is 9.97 Å². The number of hydrogen-bond donors (Lipinski definition) is 1. The van der Waals surface area contributed by atoms with E-state index in [1.54, 1.807) is 18.5 Å². The van der Waals surface area contributed by atoms with Gasteiger partial charge >= 0.3 is 0 Å². The van der Waals surface area contributed by atoms with Crippen molar-refractivity contribution in [2.24, 2.45) is 0 Å². The molecular formula is C13H9N3OS. The van der Waals surface area contributed by atoms with Crippen LogP contribution in [0.25, 0.3) is 11.0 Å². The van der Waals surface area contributed by atoms with Crippen LogP contribution in [0.1, 0.15) is 9.67 Å². The summed E-state index contributed by atoms with van der Waals surface area (Å²) in [6.45, 7) is 0. The van der Waals surface area contributed by atoms with E-state index in [-0.39, 0.29) is 5.91 Å². The van der Waals surface area contributed by atoms with Gasteiger partial charge in [-0.3, -0.25) is 14.8 Å². The third-order valence-electron chi connectivity index (χ3n) is 2.49. The number of nitrogens with one attached hydrogen (secondary N) is 1. The molecule has 0 saturated heterocycles. The largest absolute Gasteiger partial charge is 0.319 e. The quantitative estimate of drug-likeness (QED) is 0.766. The van der Waals surface area contributed by atoms with E-state index in [1.165, 1.54) is 11.3 Å². The lowest BCUT2D eigenvalue weighted by atomic mass is 10.2. The predicted octanol–water partition coefficient (Wildman–Crippen LogP) is 2.94. The second-order valence-electron chi connectivity index (χ2n) is 3.66. The molecule has 1 aromatic carbocycles. The standard InChI is InChI=1S/C13H9N3OS/c17-13(11-5-2-8-18-11)16-10-4-1-3-9-12(10)15-7-6-14-9/h1-8H,(H,16,17). The lowest BCUT2D eigenvalue weighted by Crippen LogP contribution is -2.10. The molecule has 2 heterocycles. The van der Waals surface area contributed by atoms with Gasteiger partial charge in [0, 0.05) is 12.4 Å². The summed E-state index contributed by atoms with van der Waals surface area (Å²) < 4.78 is 0. The summed E-state index contributed by atoms with van der Waals surface area (Å²) in [5, 5.41) is 4.73. The smallest absolute Gasteiger partial charge is 0.265 e. The fourth-order valence-corrected chi connectivity index (χ4v) is 2.30. The van der Waals surface area contributed by atoms with Crippen LogP contribution in [0, 0.1) is 0 Å². The van der Waals surface area contributed by atoms with Gasteiger partial charge in [-0.05, 0) is 23.6 Å². The zero-order chi connectivity index (χ0) is 12.4. The maximum atomic E-state index is 12.0. The maximum absolute atomic E-state index is 12.0. The number of thiophene rings is 1. The average Bonchev–Trinajstić information content (AvgIpc) is 2.93. The van der Waals surface area contributed by atoms with Gasteiger partial charge in [0.1, 0.15) is 5.52 Å². The molecule has 4 nitrogen and oxygen atoms in total. The highest BCUT2D eigenvalue weighted by Gasteiger charge is 2.09. The molecule has 0 radical (unpaired) electrons. The van der Waals surface area contributed by atoms with E-state index in [1.807, 2.05) is 29.6 Å². The van der Waals surface area contributed by atoms with Crippen molar-refractivity contribution >= 4 is 34.0 Å². The minimum absolute atomic E-state index is 0.122. The molecule has 3 rings (SSSR count). The Hall–Kier alpha value is -2.27. The fourth-order valence-electron chi connectivity index (χ4n) is 1.69. The van der Waals surface area contributed by atoms with Gasteiger partial charge in [-0.2, -0.15) is 0 Å². The Morgan fingerprint density at radius 1 is 1.11 bits per heavy atom. The molecule has 2 aromatic heterocycles. The highest BCUT2D eigenvalue weighted by atomic mass is 32.1. The number of carbonyl (C=O) groups is 1. The Labute approximate surface area is 107 Å². The molecule has 5 heteroatoms. The van der Waals surface area contributed by atoms with Crippen molar-refractivity contribution in [3.8, 4) is 0 Å². The van der Waals surface area contributed by atoms with Crippen molar-refractivity contribution in [3.05, 3.63) is 53.0 Å². The third kappa shape index (κ3) is 1.96. The van der Waals surface area contributed by atoms with E-state index in [0.29, 0.717) is 16.1 Å². The summed E-state index contributed by atoms with van der Waals surface area (Å²) in [6, 6.07) is 9.17. The van der Waals surface area contributed by atoms with Crippen LogP contribution in [0.15, 0.2) is 48.1 Å². The topological polar surface area (TPSA) is 54.9 Å². The molecule has 0 fully saturated rings. The van der Waals surface area contributed by atoms with Gasteiger partial charge in [0.15, 0.2) is 0 Å². The Kier molecular flexibility index (Phi) is 2.74. The van der Waals surface area contributed by atoms with E-state index in [9.17, 15) is 4.79 Å². The Bertz CT molecular complexity index is 689. The van der Waals surface area contributed by atoms with Crippen molar-refractivity contribution in [3.63, 3.8) is 0 Å². The van der Waals surface area contributed by atoms with Crippen LogP contribution >= 0.6 is 11.3 Å². The SMILES string of the molecule is O=C(Nc1cccc2nccnc12)c1cccs1. The van der Waals surface area contributed by atoms with Gasteiger partial charge in [-0.25, -0.2) is 0 Å². The molecule has 0 bridgehead atoms. The van der Waals surface area contributed by atoms with E-state index in [4.69, 9.17) is 0 Å². The number of benzene rings is 1. The molecule has 0 aliphatic rings. The highest BCUT2D eigenvalue weighted by Crippen LogP contribution is 2.20. The summed E-state index contributed by atoms with van der Waals surface area (Å²) in [7, 11) is 0. The van der Waals surface area contributed by atoms with Crippen molar-refractivity contribution in [1.29, 1.82) is 0 Å². The number of para-hydroxylation sites is 1. The molecule has 0 saturated carbocycles. The maximum Gasteiger partial charge on any atom is 0.265 e. The monoisotopic (exact) mass is 255 g/mol. The minimum Gasteiger partial charge on any atom is -0.319 e. The molecule has 0 atom stereocenters. The summed E-state index contributed by atoms with van der Waals surface area (Å²) in [4.78, 5) is 21.1. The lowest BCUT2D eigenvalue weighted by molar-refractivity contribution is 0.103. The number of hydrogen-bond acceptors (Lipinski definition) is 4. The summed E-state index contributed by atoms with van der Waals surface area (Å²) >= 11 is 1.41. The van der Waals surface area contributed by atoms with Crippen LogP contribution in [0.4, 0.5) is 5.69 Å². The van der Waals surface area contributed by atoms with Gasteiger partial charge in [-0.15, -0.1) is 11.3 Å². The second kappa shape index (κ2) is 4.54. The normalized spacial score (nSPS) is 10.4. The molecule has 0 aliphatic carbocycles. The zero-order valence-corrected chi connectivity index (χ0v) is 10.1. The van der Waals surface area contributed by atoms with Gasteiger partial charge in [0.2, 0.25) is 0 Å². The van der Waals surface area contributed by atoms with Crippen molar-refractivity contribution in [2.45, 2.75) is 0 Å². The fraction of sp³-hybridized carbons (Fsp3) is 0. The first-order valence-electron chi connectivity index (χ1n) is 5.39. The second-order valence-corrected chi connectivity index (χ2v) is 4.61. The van der Waals surface area contributed by atoms with Crippen LogP contribution < -0.4 is 5.32 Å². The van der Waals surface area contributed by atoms with E-state index in [0.717, 1.165) is 5.52 Å². The molecular weight excluding hydrogens is 246 g/mol. The number of amides is 1. The first kappa shape index (κ1) is 10.9. The summed E-state index contributed by atoms with van der Waals surface area (Å²) in [5.41, 5.74) is 2.14. The number of fused-ring (bicyclic) bond motifs is 1. The van der Waals surface area contributed by atoms with Crippen molar-refractivity contribution < 1.29 is 4.79 Å². The van der Waals surface area contributed by atoms with E-state index < -0.39 is 0 Å². The molecule has 1 N–H and O–H groups in total. The van der Waals surface area contributed by atoms with Gasteiger partial charge in [-0.1, -0.05) is 12.1 Å². The van der Waals surface area contributed by atoms with Crippen LogP contribution in [-0.2, 0) is 0 Å². The molecule has 18 heavy (non-hydrogen) atoms. The van der Waals surface area contributed by atoms with E-state index in [2.05, 4.69) is 15.3 Å². The van der Waals surface area contributed by atoms with Crippen LogP contribution in [0.3, 0.4) is 0 Å². The third-order valence-corrected chi connectivity index (χ3v) is 3.36. The first-order valence-corrected chi connectivity index (χ1v) is 6.27. The van der Waals surface area contributed by atoms with Gasteiger partial charge in [0.25, 0.3) is 5.91 Å². The van der Waals surface area contributed by atoms with Gasteiger partial charge < -0.3 is 5.32 Å². The number of aromatic nitrogens is 2. The number of nitrogens with zero attached hydrogens (tertiary/aromatic N) is 2. The Balaban J connectivity index is 1.98. The summed E-state index contributed by atoms with van der Waals surface area (Å²) in [5.74, 6) is -0.122. The number of carbonyl (C=O) groups excluding carboxylic acids is 1. The first-order chi connectivity index (χ1) is 8.84. The molecule has 88 valence electrons. The average molecular weight is 255 g/mol. The van der Waals surface area contributed by atoms with Gasteiger partial charge in [0.05, 0.1) is 16.1 Å². The lowest BCUT2D eigenvalue weighted by Gasteiger charge is -2.06. The predicted molar refractivity (Wildman–Crippen MR) is 71.8 cm³/mol. The Morgan fingerprint density at radius 3 is 2.83 bits per heavy atom. The van der Waals surface area contributed by atoms with Crippen LogP contribution in [-0.4, -0.2) is 15.9 Å². The molecule has 0 unspecified atom stereocenters. The molecule has 3 aromatic rings. The zero-order valence-electron chi connectivity index (χ0n) is 9.33. The van der Waals surface area contributed by atoms with Crippen molar-refractivity contribution in [2.75, 3.05) is 5.32 Å². The minimum atomic E-state index is -0.122. The number of rotatable bonds is 2. The van der Waals surface area contributed by atoms with E-state index >= 15 is 0 Å². The van der Waals surface area contributed by atoms with Crippen LogP contribution in [0.5, 0.6) is 0 Å². The summed E-state index contributed by atoms with van der Waals surface area (Å²) in [6.07, 6.45) is 3.25. The molecule has 0 spiro atoms. The Morgan fingerprint density at radius 2 is 2.00 bits per heavy atom. The van der Waals surface area contributed by atoms with Crippen LogP contribution in [0.2, 0.25) is 0 Å². The molecule has 0 aliphatic heterocycles. The highest BCUT2D eigenvalue weighted by molar-refractivity contribution is 7.12.